The van der Waals surface area contributed by atoms with Crippen LogP contribution in [0.15, 0.2) is 24.3 Å². The third-order valence-corrected chi connectivity index (χ3v) is 2.39. The predicted octanol–water partition coefficient (Wildman–Crippen LogP) is 3.02. The Kier molecular flexibility index (Phi) is 5.25. The SMILES string of the molecule is CCCOc1nc(NCC)nc(Oc2ccc(F)cc2)n1. The van der Waals surface area contributed by atoms with E-state index in [2.05, 4.69) is 20.3 Å². The summed E-state index contributed by atoms with van der Waals surface area (Å²) in [6, 6.07) is 5.89. The second-order valence-corrected chi connectivity index (χ2v) is 4.16. The van der Waals surface area contributed by atoms with Gasteiger partial charge < -0.3 is 14.8 Å². The molecule has 0 fully saturated rings. The van der Waals surface area contributed by atoms with Gasteiger partial charge in [-0.15, -0.1) is 4.98 Å². The standard InChI is InChI=1S/C14H17FN4O2/c1-3-9-20-13-17-12(16-4-2)18-14(19-13)21-11-7-5-10(15)6-8-11/h5-8H,3-4,9H2,1-2H3,(H,16,17,18,19). The van der Waals surface area contributed by atoms with Crippen LogP contribution in [0.4, 0.5) is 10.3 Å². The van der Waals surface area contributed by atoms with Crippen molar-refractivity contribution in [1.29, 1.82) is 0 Å². The molecule has 0 atom stereocenters. The summed E-state index contributed by atoms with van der Waals surface area (Å²) < 4.78 is 23.8. The molecular weight excluding hydrogens is 275 g/mol. The number of nitrogens with one attached hydrogen (secondary N) is 1. The second-order valence-electron chi connectivity index (χ2n) is 4.16. The topological polar surface area (TPSA) is 69.2 Å². The summed E-state index contributed by atoms with van der Waals surface area (Å²) in [4.78, 5) is 12.3. The van der Waals surface area contributed by atoms with E-state index in [9.17, 15) is 4.39 Å². The van der Waals surface area contributed by atoms with Gasteiger partial charge in [0.05, 0.1) is 6.61 Å². The Morgan fingerprint density at radius 1 is 1.05 bits per heavy atom. The van der Waals surface area contributed by atoms with Gasteiger partial charge in [-0.2, -0.15) is 9.97 Å². The molecule has 112 valence electrons. The molecule has 0 saturated heterocycles. The smallest absolute Gasteiger partial charge is 0.330 e. The predicted molar refractivity (Wildman–Crippen MR) is 76.3 cm³/mol. The minimum Gasteiger partial charge on any atom is -0.463 e. The van der Waals surface area contributed by atoms with Crippen LogP contribution in [-0.4, -0.2) is 28.1 Å². The van der Waals surface area contributed by atoms with E-state index in [1.54, 1.807) is 0 Å². The molecule has 0 spiro atoms. The maximum Gasteiger partial charge on any atom is 0.330 e. The van der Waals surface area contributed by atoms with E-state index < -0.39 is 0 Å². The first kappa shape index (κ1) is 15.0. The Bertz CT molecular complexity index is 578. The van der Waals surface area contributed by atoms with E-state index in [1.807, 2.05) is 13.8 Å². The van der Waals surface area contributed by atoms with E-state index in [4.69, 9.17) is 9.47 Å². The van der Waals surface area contributed by atoms with Gasteiger partial charge in [0.15, 0.2) is 0 Å². The Hall–Kier alpha value is -2.44. The van der Waals surface area contributed by atoms with Crippen molar-refractivity contribution in [3.63, 3.8) is 0 Å². The molecule has 6 nitrogen and oxygen atoms in total. The van der Waals surface area contributed by atoms with Gasteiger partial charge in [0.25, 0.3) is 0 Å². The van der Waals surface area contributed by atoms with Crippen LogP contribution in [0.1, 0.15) is 20.3 Å². The average Bonchev–Trinajstić information content (AvgIpc) is 2.48. The number of anilines is 1. The molecule has 0 amide bonds. The van der Waals surface area contributed by atoms with Crippen LogP contribution in [-0.2, 0) is 0 Å². The molecule has 0 bridgehead atoms. The summed E-state index contributed by atoms with van der Waals surface area (Å²) >= 11 is 0. The van der Waals surface area contributed by atoms with Gasteiger partial charge in [-0.05, 0) is 37.6 Å². The van der Waals surface area contributed by atoms with Crippen LogP contribution in [0.5, 0.6) is 17.8 Å². The average molecular weight is 292 g/mol. The van der Waals surface area contributed by atoms with E-state index >= 15 is 0 Å². The van der Waals surface area contributed by atoms with Gasteiger partial charge in [0, 0.05) is 6.54 Å². The highest BCUT2D eigenvalue weighted by molar-refractivity contribution is 5.30. The Balaban J connectivity index is 2.19. The number of ether oxygens (including phenoxy) is 2. The molecule has 0 saturated carbocycles. The van der Waals surface area contributed by atoms with Crippen molar-refractivity contribution in [3.8, 4) is 17.8 Å². The number of halogens is 1. The van der Waals surface area contributed by atoms with Gasteiger partial charge in [0.1, 0.15) is 11.6 Å². The molecule has 0 radical (unpaired) electrons. The molecule has 0 aliphatic heterocycles. The molecule has 21 heavy (non-hydrogen) atoms. The molecule has 1 aromatic carbocycles. The van der Waals surface area contributed by atoms with Gasteiger partial charge in [-0.25, -0.2) is 4.39 Å². The Labute approximate surface area is 122 Å². The van der Waals surface area contributed by atoms with Gasteiger partial charge >= 0.3 is 12.0 Å². The monoisotopic (exact) mass is 292 g/mol. The van der Waals surface area contributed by atoms with Gasteiger partial charge in [-0.3, -0.25) is 0 Å². The van der Waals surface area contributed by atoms with Crippen molar-refractivity contribution in [1.82, 2.24) is 15.0 Å². The molecule has 1 N–H and O–H groups in total. The summed E-state index contributed by atoms with van der Waals surface area (Å²) in [5.41, 5.74) is 0. The molecule has 1 heterocycles. The first-order valence-electron chi connectivity index (χ1n) is 6.77. The van der Waals surface area contributed by atoms with E-state index in [0.29, 0.717) is 24.8 Å². The first-order chi connectivity index (χ1) is 10.2. The largest absolute Gasteiger partial charge is 0.463 e. The zero-order valence-electron chi connectivity index (χ0n) is 12.0. The van der Waals surface area contributed by atoms with Crippen LogP contribution in [0.3, 0.4) is 0 Å². The highest BCUT2D eigenvalue weighted by Gasteiger charge is 2.09. The molecule has 0 aliphatic rings. The second kappa shape index (κ2) is 7.37. The van der Waals surface area contributed by atoms with Crippen LogP contribution in [0.2, 0.25) is 0 Å². The molecule has 0 unspecified atom stereocenters. The van der Waals surface area contributed by atoms with Crippen molar-refractivity contribution >= 4 is 5.95 Å². The summed E-state index contributed by atoms with van der Waals surface area (Å²) in [5, 5.41) is 2.98. The number of hydrogen-bond donors (Lipinski definition) is 1. The van der Waals surface area contributed by atoms with Crippen LogP contribution in [0.25, 0.3) is 0 Å². The number of aromatic nitrogens is 3. The van der Waals surface area contributed by atoms with Gasteiger partial charge in [-0.1, -0.05) is 6.92 Å². The maximum absolute atomic E-state index is 12.9. The fourth-order valence-corrected chi connectivity index (χ4v) is 1.49. The fraction of sp³-hybridized carbons (Fsp3) is 0.357. The van der Waals surface area contributed by atoms with Crippen molar-refractivity contribution < 1.29 is 13.9 Å². The van der Waals surface area contributed by atoms with E-state index in [-0.39, 0.29) is 17.8 Å². The maximum atomic E-state index is 12.9. The van der Waals surface area contributed by atoms with Crippen molar-refractivity contribution in [2.75, 3.05) is 18.5 Å². The Morgan fingerprint density at radius 3 is 2.43 bits per heavy atom. The third-order valence-electron chi connectivity index (χ3n) is 2.39. The fourth-order valence-electron chi connectivity index (χ4n) is 1.49. The molecule has 2 aromatic rings. The summed E-state index contributed by atoms with van der Waals surface area (Å²) in [5.74, 6) is 0.473. The highest BCUT2D eigenvalue weighted by atomic mass is 19.1. The van der Waals surface area contributed by atoms with Crippen LogP contribution < -0.4 is 14.8 Å². The molecule has 1 aromatic heterocycles. The third kappa shape index (κ3) is 4.55. The number of hydrogen-bond acceptors (Lipinski definition) is 6. The lowest BCUT2D eigenvalue weighted by molar-refractivity contribution is 0.285. The zero-order valence-corrected chi connectivity index (χ0v) is 12.0. The van der Waals surface area contributed by atoms with Crippen molar-refractivity contribution in [2.45, 2.75) is 20.3 Å². The van der Waals surface area contributed by atoms with Gasteiger partial charge in [0.2, 0.25) is 5.95 Å². The molecule has 7 heteroatoms. The number of benzene rings is 1. The van der Waals surface area contributed by atoms with Crippen LogP contribution in [0, 0.1) is 5.82 Å². The Morgan fingerprint density at radius 2 is 1.76 bits per heavy atom. The summed E-state index contributed by atoms with van der Waals surface area (Å²) in [6.07, 6.45) is 0.844. The molecular formula is C14H17FN4O2. The minimum atomic E-state index is -0.335. The van der Waals surface area contributed by atoms with Crippen molar-refractivity contribution in [2.24, 2.45) is 0 Å². The number of rotatable bonds is 7. The molecule has 2 rings (SSSR count). The quantitative estimate of drug-likeness (QED) is 0.846. The minimum absolute atomic E-state index is 0.0960. The highest BCUT2D eigenvalue weighted by Crippen LogP contribution is 2.20. The molecule has 0 aliphatic carbocycles. The van der Waals surface area contributed by atoms with Crippen molar-refractivity contribution in [3.05, 3.63) is 30.1 Å². The lowest BCUT2D eigenvalue weighted by atomic mass is 10.3. The summed E-state index contributed by atoms with van der Waals surface area (Å²) in [6.45, 7) is 5.08. The van der Waals surface area contributed by atoms with E-state index in [1.165, 1.54) is 24.3 Å². The lowest BCUT2D eigenvalue weighted by Gasteiger charge is -2.09. The normalized spacial score (nSPS) is 10.2. The van der Waals surface area contributed by atoms with E-state index in [0.717, 1.165) is 6.42 Å². The first-order valence-corrected chi connectivity index (χ1v) is 6.77. The summed E-state index contributed by atoms with van der Waals surface area (Å²) in [7, 11) is 0. The van der Waals surface area contributed by atoms with Crippen LogP contribution >= 0.6 is 0 Å². The lowest BCUT2D eigenvalue weighted by Crippen LogP contribution is -2.08. The zero-order chi connectivity index (χ0) is 15.1. The number of nitrogens with zero attached hydrogens (tertiary/aromatic N) is 3.